The molecule has 11 nitrogen and oxygen atoms in total. The maximum atomic E-state index is 13.4. The SMILES string of the molecule is CN1Cc2ccc(Oc3cc4c(cc3[N+](=O)[O-])OCCC4OP(=O)(NCCBr)NCCBr)cc2C1=O. The molecule has 2 aliphatic heterocycles. The van der Waals surface area contributed by atoms with Gasteiger partial charge in [0.15, 0.2) is 0 Å². The van der Waals surface area contributed by atoms with Crippen LogP contribution in [0.5, 0.6) is 17.2 Å². The molecule has 0 spiro atoms. The van der Waals surface area contributed by atoms with Gasteiger partial charge in [-0.1, -0.05) is 37.9 Å². The molecule has 2 aromatic carbocycles. The minimum Gasteiger partial charge on any atom is -0.493 e. The molecule has 0 bridgehead atoms. The fourth-order valence-electron chi connectivity index (χ4n) is 4.01. The number of nitrogens with zero attached hydrogens (tertiary/aromatic N) is 2. The molecule has 0 radical (unpaired) electrons. The first kappa shape index (κ1) is 27.0. The molecule has 0 saturated carbocycles. The van der Waals surface area contributed by atoms with Crippen molar-refractivity contribution in [3.05, 3.63) is 57.1 Å². The molecule has 1 atom stereocenters. The summed E-state index contributed by atoms with van der Waals surface area (Å²) < 4.78 is 31.1. The zero-order valence-electron chi connectivity index (χ0n) is 19.4. The van der Waals surface area contributed by atoms with E-state index in [4.69, 9.17) is 14.0 Å². The molecule has 2 aliphatic rings. The summed E-state index contributed by atoms with van der Waals surface area (Å²) in [5.74, 6) is 0.384. The Morgan fingerprint density at radius 2 is 1.94 bits per heavy atom. The van der Waals surface area contributed by atoms with Crippen molar-refractivity contribution in [2.75, 3.05) is 37.4 Å². The van der Waals surface area contributed by atoms with E-state index in [0.29, 0.717) is 53.6 Å². The summed E-state index contributed by atoms with van der Waals surface area (Å²) >= 11 is 6.62. The van der Waals surface area contributed by atoms with E-state index in [9.17, 15) is 19.5 Å². The van der Waals surface area contributed by atoms with Gasteiger partial charge in [-0.2, -0.15) is 0 Å². The Labute approximate surface area is 224 Å². The van der Waals surface area contributed by atoms with Gasteiger partial charge in [0.05, 0.1) is 23.7 Å². The first-order valence-electron chi connectivity index (χ1n) is 11.2. The number of nitro groups is 1. The zero-order valence-corrected chi connectivity index (χ0v) is 23.4. The molecule has 4 rings (SSSR count). The molecule has 0 aromatic heterocycles. The number of carbonyl (C=O) groups is 1. The average Bonchev–Trinajstić information content (AvgIpc) is 3.14. The van der Waals surface area contributed by atoms with Crippen LogP contribution in [0.4, 0.5) is 5.69 Å². The molecule has 0 aliphatic carbocycles. The lowest BCUT2D eigenvalue weighted by Crippen LogP contribution is -2.29. The Balaban J connectivity index is 1.66. The monoisotopic (exact) mass is 646 g/mol. The number of carbonyl (C=O) groups excluding carboxylic acids is 1. The summed E-state index contributed by atoms with van der Waals surface area (Å²) in [6, 6.07) is 7.79. The number of nitrogens with one attached hydrogen (secondary N) is 2. The lowest BCUT2D eigenvalue weighted by molar-refractivity contribution is -0.385. The highest BCUT2D eigenvalue weighted by Crippen LogP contribution is 2.50. The third-order valence-corrected chi connectivity index (χ3v) is 8.30. The number of hydrogen-bond donors (Lipinski definition) is 2. The molecule has 1 amide bonds. The number of amides is 1. The van der Waals surface area contributed by atoms with Crippen LogP contribution in [0, 0.1) is 10.1 Å². The number of fused-ring (bicyclic) bond motifs is 2. The molecular weight excluding hydrogens is 623 g/mol. The van der Waals surface area contributed by atoms with Crippen molar-refractivity contribution in [1.82, 2.24) is 15.1 Å². The Morgan fingerprint density at radius 3 is 2.61 bits per heavy atom. The summed E-state index contributed by atoms with van der Waals surface area (Å²) in [6.07, 6.45) is -0.275. The number of hydrogen-bond acceptors (Lipinski definition) is 7. The maximum absolute atomic E-state index is 13.4. The third kappa shape index (κ3) is 5.92. The fourth-order valence-corrected chi connectivity index (χ4v) is 6.67. The predicted octanol–water partition coefficient (Wildman–Crippen LogP) is 4.89. The van der Waals surface area contributed by atoms with Crippen molar-refractivity contribution in [2.24, 2.45) is 0 Å². The fraction of sp³-hybridized carbons (Fsp3) is 0.409. The summed E-state index contributed by atoms with van der Waals surface area (Å²) in [7, 11) is -1.74. The summed E-state index contributed by atoms with van der Waals surface area (Å²) in [5.41, 5.74) is 1.55. The summed E-state index contributed by atoms with van der Waals surface area (Å²) in [4.78, 5) is 25.2. The molecule has 1 unspecified atom stereocenters. The smallest absolute Gasteiger partial charge is 0.341 e. The van der Waals surface area contributed by atoms with Crippen molar-refractivity contribution in [3.63, 3.8) is 0 Å². The van der Waals surface area contributed by atoms with Crippen molar-refractivity contribution in [3.8, 4) is 17.2 Å². The van der Waals surface area contributed by atoms with E-state index in [0.717, 1.165) is 5.56 Å². The van der Waals surface area contributed by atoms with Gasteiger partial charge in [0.1, 0.15) is 11.5 Å². The Hall–Kier alpha value is -2.02. The van der Waals surface area contributed by atoms with Gasteiger partial charge < -0.3 is 14.4 Å². The minimum atomic E-state index is -3.44. The van der Waals surface area contributed by atoms with Gasteiger partial charge in [-0.15, -0.1) is 0 Å². The van der Waals surface area contributed by atoms with E-state index >= 15 is 0 Å². The normalized spacial score (nSPS) is 16.9. The van der Waals surface area contributed by atoms with Crippen molar-refractivity contribution >= 4 is 51.1 Å². The number of rotatable bonds is 11. The van der Waals surface area contributed by atoms with Crippen LogP contribution in [0.15, 0.2) is 30.3 Å². The highest BCUT2D eigenvalue weighted by molar-refractivity contribution is 9.09. The summed E-state index contributed by atoms with van der Waals surface area (Å²) in [5, 5.41) is 18.8. The molecule has 2 heterocycles. The molecule has 14 heteroatoms. The first-order chi connectivity index (χ1) is 17.2. The van der Waals surface area contributed by atoms with Crippen LogP contribution in [-0.2, 0) is 15.6 Å². The molecule has 2 N–H and O–H groups in total. The molecule has 36 heavy (non-hydrogen) atoms. The van der Waals surface area contributed by atoms with Crippen LogP contribution in [0.2, 0.25) is 0 Å². The molecule has 2 aromatic rings. The largest absolute Gasteiger partial charge is 0.493 e. The summed E-state index contributed by atoms with van der Waals surface area (Å²) in [6.45, 7) is 1.55. The highest BCUT2D eigenvalue weighted by atomic mass is 79.9. The minimum absolute atomic E-state index is 0.0340. The molecule has 0 fully saturated rings. The van der Waals surface area contributed by atoms with Gasteiger partial charge in [-0.05, 0) is 23.8 Å². The van der Waals surface area contributed by atoms with E-state index in [-0.39, 0.29) is 29.7 Å². The molecule has 0 saturated heterocycles. The number of ether oxygens (including phenoxy) is 2. The van der Waals surface area contributed by atoms with Crippen LogP contribution < -0.4 is 19.6 Å². The average molecular weight is 648 g/mol. The van der Waals surface area contributed by atoms with Crippen LogP contribution >= 0.6 is 39.5 Å². The van der Waals surface area contributed by atoms with Gasteiger partial charge in [0.25, 0.3) is 5.91 Å². The lowest BCUT2D eigenvalue weighted by atomic mass is 10.0. The second-order valence-electron chi connectivity index (χ2n) is 8.17. The Morgan fingerprint density at radius 1 is 1.22 bits per heavy atom. The topological polar surface area (TPSA) is 132 Å². The lowest BCUT2D eigenvalue weighted by Gasteiger charge is -2.30. The van der Waals surface area contributed by atoms with Crippen LogP contribution in [0.25, 0.3) is 0 Å². The second-order valence-corrected chi connectivity index (χ2v) is 11.7. The quantitative estimate of drug-likeness (QED) is 0.151. The standard InChI is InChI=1S/C22H25Br2N4O7P/c1-27-13-14-2-3-15(10-16(14)22(27)29)34-21-11-17-19(4-9-33-20(17)12-18(21)28(30)31)35-36(32,25-7-5-23)26-8-6-24/h2-3,10-12,19H,4-9,13H2,1H3,(H2,25,26,32). The number of halogens is 2. The van der Waals surface area contributed by atoms with E-state index in [1.807, 2.05) is 0 Å². The van der Waals surface area contributed by atoms with Gasteiger partial charge in [-0.25, -0.2) is 10.2 Å². The van der Waals surface area contributed by atoms with Gasteiger partial charge in [-0.3, -0.25) is 24.0 Å². The Kier molecular flexibility index (Phi) is 8.69. The van der Waals surface area contributed by atoms with Crippen molar-refractivity contribution < 1.29 is 28.3 Å². The van der Waals surface area contributed by atoms with Crippen molar-refractivity contribution in [2.45, 2.75) is 19.1 Å². The Bertz CT molecular complexity index is 1200. The van der Waals surface area contributed by atoms with E-state index in [1.165, 1.54) is 12.1 Å². The van der Waals surface area contributed by atoms with Gasteiger partial charge in [0, 0.05) is 54.9 Å². The zero-order chi connectivity index (χ0) is 25.9. The highest BCUT2D eigenvalue weighted by Gasteiger charge is 2.34. The van der Waals surface area contributed by atoms with Crippen molar-refractivity contribution in [1.29, 1.82) is 0 Å². The third-order valence-electron chi connectivity index (χ3n) is 5.67. The second kappa shape index (κ2) is 11.6. The van der Waals surface area contributed by atoms with E-state index in [2.05, 4.69) is 42.0 Å². The predicted molar refractivity (Wildman–Crippen MR) is 141 cm³/mol. The molecular formula is C22H25Br2N4O7P. The van der Waals surface area contributed by atoms with Crippen LogP contribution in [0.3, 0.4) is 0 Å². The van der Waals surface area contributed by atoms with Crippen LogP contribution in [-0.4, -0.2) is 53.1 Å². The van der Waals surface area contributed by atoms with E-state index in [1.54, 1.807) is 30.1 Å². The molecule has 194 valence electrons. The number of benzene rings is 2. The van der Waals surface area contributed by atoms with E-state index < -0.39 is 18.7 Å². The number of nitro benzene ring substituents is 1. The van der Waals surface area contributed by atoms with Gasteiger partial charge in [0.2, 0.25) is 5.75 Å². The van der Waals surface area contributed by atoms with Gasteiger partial charge >= 0.3 is 13.4 Å². The first-order valence-corrected chi connectivity index (χ1v) is 15.0. The van der Waals surface area contributed by atoms with Crippen LogP contribution in [0.1, 0.15) is 34.0 Å². The number of alkyl halides is 2. The maximum Gasteiger partial charge on any atom is 0.341 e.